The molecule has 3 rings (SSSR count). The second kappa shape index (κ2) is 8.14. The van der Waals surface area contributed by atoms with E-state index >= 15 is 0 Å². The topological polar surface area (TPSA) is 84.0 Å². The van der Waals surface area contributed by atoms with Gasteiger partial charge in [0.25, 0.3) is 5.91 Å². The molecule has 0 saturated carbocycles. The number of hydrogen-bond acceptors (Lipinski definition) is 5. The summed E-state index contributed by atoms with van der Waals surface area (Å²) < 4.78 is 13.3. The Morgan fingerprint density at radius 1 is 1.00 bits per heavy atom. The molecule has 0 fully saturated rings. The molecule has 28 heavy (non-hydrogen) atoms. The quantitative estimate of drug-likeness (QED) is 0.604. The van der Waals surface area contributed by atoms with Gasteiger partial charge in [-0.1, -0.05) is 11.6 Å². The molecule has 0 aliphatic heterocycles. The summed E-state index contributed by atoms with van der Waals surface area (Å²) in [5, 5.41) is 5.58. The number of aromatic nitrogens is 2. The molecule has 8 heteroatoms. The molecule has 142 valence electrons. The van der Waals surface area contributed by atoms with Gasteiger partial charge in [0.2, 0.25) is 5.95 Å². The third-order valence-corrected chi connectivity index (χ3v) is 4.10. The summed E-state index contributed by atoms with van der Waals surface area (Å²) >= 11 is 5.77. The fourth-order valence-corrected chi connectivity index (χ4v) is 2.61. The monoisotopic (exact) mass is 398 g/mol. The number of aryl methyl sites for hydroxylation is 1. The van der Waals surface area contributed by atoms with Crippen molar-refractivity contribution in [3.8, 4) is 0 Å². The molecule has 0 bridgehead atoms. The summed E-state index contributed by atoms with van der Waals surface area (Å²) in [6, 6.07) is 12.2. The summed E-state index contributed by atoms with van der Waals surface area (Å²) in [7, 11) is 0. The summed E-state index contributed by atoms with van der Waals surface area (Å²) in [6.45, 7) is 3.20. The number of benzene rings is 2. The standard InChI is InChI=1S/C20H16ClFN4O2/c1-11-9-18(19(28)24-14-5-3-13(4-6-14)12(2)27)26-20(23-11)25-15-7-8-17(22)16(21)10-15/h3-10H,1-2H3,(H,24,28)(H,23,25,26). The predicted molar refractivity (Wildman–Crippen MR) is 106 cm³/mol. The van der Waals surface area contributed by atoms with Crippen molar-refractivity contribution in [2.75, 3.05) is 10.6 Å². The van der Waals surface area contributed by atoms with Gasteiger partial charge >= 0.3 is 0 Å². The largest absolute Gasteiger partial charge is 0.324 e. The molecule has 0 aliphatic carbocycles. The van der Waals surface area contributed by atoms with Gasteiger partial charge in [0.15, 0.2) is 5.78 Å². The first-order valence-electron chi connectivity index (χ1n) is 8.32. The summed E-state index contributed by atoms with van der Waals surface area (Å²) in [6.07, 6.45) is 0. The van der Waals surface area contributed by atoms with Gasteiger partial charge in [-0.15, -0.1) is 0 Å². The van der Waals surface area contributed by atoms with Gasteiger partial charge < -0.3 is 10.6 Å². The van der Waals surface area contributed by atoms with E-state index in [1.165, 1.54) is 25.1 Å². The predicted octanol–water partition coefficient (Wildman–Crippen LogP) is 4.78. The van der Waals surface area contributed by atoms with Crippen LogP contribution in [0.5, 0.6) is 0 Å². The SMILES string of the molecule is CC(=O)c1ccc(NC(=O)c2cc(C)nc(Nc3ccc(F)c(Cl)c3)n2)cc1. The molecule has 0 unspecified atom stereocenters. The highest BCUT2D eigenvalue weighted by Gasteiger charge is 2.12. The number of nitrogens with one attached hydrogen (secondary N) is 2. The Kier molecular flexibility index (Phi) is 5.65. The zero-order valence-electron chi connectivity index (χ0n) is 15.1. The molecular formula is C20H16ClFN4O2. The van der Waals surface area contributed by atoms with Crippen LogP contribution in [-0.2, 0) is 0 Å². The second-order valence-electron chi connectivity index (χ2n) is 6.06. The van der Waals surface area contributed by atoms with Gasteiger partial charge in [-0.2, -0.15) is 0 Å². The van der Waals surface area contributed by atoms with E-state index in [4.69, 9.17) is 11.6 Å². The van der Waals surface area contributed by atoms with Crippen molar-refractivity contribution in [2.45, 2.75) is 13.8 Å². The minimum absolute atomic E-state index is 0.0374. The Morgan fingerprint density at radius 2 is 1.68 bits per heavy atom. The summed E-state index contributed by atoms with van der Waals surface area (Å²) in [4.78, 5) is 32.3. The molecule has 0 atom stereocenters. The van der Waals surface area contributed by atoms with Crippen LogP contribution in [0, 0.1) is 12.7 Å². The number of anilines is 3. The number of Topliss-reactive ketones (excluding diaryl/α,β-unsaturated/α-hetero) is 1. The van der Waals surface area contributed by atoms with E-state index in [1.807, 2.05) is 0 Å². The maximum atomic E-state index is 13.3. The number of nitrogens with zero attached hydrogens (tertiary/aromatic N) is 2. The van der Waals surface area contributed by atoms with E-state index in [2.05, 4.69) is 20.6 Å². The maximum Gasteiger partial charge on any atom is 0.274 e. The maximum absolute atomic E-state index is 13.3. The Bertz CT molecular complexity index is 1050. The molecule has 3 aromatic rings. The van der Waals surface area contributed by atoms with Crippen molar-refractivity contribution in [1.82, 2.24) is 9.97 Å². The number of rotatable bonds is 5. The number of carbonyl (C=O) groups excluding carboxylic acids is 2. The van der Waals surface area contributed by atoms with Gasteiger partial charge in [0.05, 0.1) is 5.02 Å². The number of halogens is 2. The minimum atomic E-state index is -0.534. The first-order chi connectivity index (χ1) is 13.3. The zero-order valence-corrected chi connectivity index (χ0v) is 15.8. The molecule has 0 aliphatic rings. The molecule has 6 nitrogen and oxygen atoms in total. The van der Waals surface area contributed by atoms with E-state index in [0.717, 1.165) is 0 Å². The molecule has 2 aromatic carbocycles. The molecule has 1 amide bonds. The number of carbonyl (C=O) groups is 2. The number of ketones is 1. The number of hydrogen-bond donors (Lipinski definition) is 2. The van der Waals surface area contributed by atoms with Crippen molar-refractivity contribution in [3.05, 3.63) is 76.3 Å². The van der Waals surface area contributed by atoms with Gasteiger partial charge in [-0.25, -0.2) is 14.4 Å². The van der Waals surface area contributed by atoms with Crippen LogP contribution >= 0.6 is 11.6 Å². The fraction of sp³-hybridized carbons (Fsp3) is 0.100. The lowest BCUT2D eigenvalue weighted by Gasteiger charge is -2.09. The highest BCUT2D eigenvalue weighted by Crippen LogP contribution is 2.22. The van der Waals surface area contributed by atoms with Gasteiger partial charge in [-0.05, 0) is 62.4 Å². The van der Waals surface area contributed by atoms with Crippen LogP contribution in [0.2, 0.25) is 5.02 Å². The van der Waals surface area contributed by atoms with Crippen molar-refractivity contribution in [3.63, 3.8) is 0 Å². The molecular weight excluding hydrogens is 383 g/mol. The average molecular weight is 399 g/mol. The Labute approximate surface area is 165 Å². The lowest BCUT2D eigenvalue weighted by molar-refractivity contribution is 0.101. The smallest absolute Gasteiger partial charge is 0.274 e. The van der Waals surface area contributed by atoms with E-state index < -0.39 is 11.7 Å². The van der Waals surface area contributed by atoms with Crippen molar-refractivity contribution in [1.29, 1.82) is 0 Å². The lowest BCUT2D eigenvalue weighted by Crippen LogP contribution is -2.15. The van der Waals surface area contributed by atoms with Gasteiger partial charge in [-0.3, -0.25) is 9.59 Å². The second-order valence-corrected chi connectivity index (χ2v) is 6.47. The first-order valence-corrected chi connectivity index (χ1v) is 8.70. The van der Waals surface area contributed by atoms with E-state index in [1.54, 1.807) is 37.3 Å². The van der Waals surface area contributed by atoms with Crippen LogP contribution < -0.4 is 10.6 Å². The fourth-order valence-electron chi connectivity index (χ4n) is 2.43. The molecule has 0 saturated heterocycles. The van der Waals surface area contributed by atoms with E-state index in [-0.39, 0.29) is 22.4 Å². The van der Waals surface area contributed by atoms with Gasteiger partial charge in [0, 0.05) is 22.6 Å². The highest BCUT2D eigenvalue weighted by molar-refractivity contribution is 6.31. The van der Waals surface area contributed by atoms with Crippen molar-refractivity contribution >= 4 is 40.6 Å². The third kappa shape index (κ3) is 4.69. The molecule has 0 spiro atoms. The summed E-state index contributed by atoms with van der Waals surface area (Å²) in [5.74, 6) is -0.838. The average Bonchev–Trinajstić information content (AvgIpc) is 2.64. The normalized spacial score (nSPS) is 10.4. The Morgan fingerprint density at radius 3 is 2.32 bits per heavy atom. The van der Waals surface area contributed by atoms with Gasteiger partial charge in [0.1, 0.15) is 11.5 Å². The van der Waals surface area contributed by atoms with Crippen molar-refractivity contribution in [2.24, 2.45) is 0 Å². The lowest BCUT2D eigenvalue weighted by atomic mass is 10.1. The van der Waals surface area contributed by atoms with Crippen LogP contribution in [0.3, 0.4) is 0 Å². The highest BCUT2D eigenvalue weighted by atomic mass is 35.5. The molecule has 0 radical (unpaired) electrons. The van der Waals surface area contributed by atoms with E-state index in [9.17, 15) is 14.0 Å². The van der Waals surface area contributed by atoms with Crippen LogP contribution in [0.4, 0.5) is 21.7 Å². The van der Waals surface area contributed by atoms with Crippen LogP contribution in [-0.4, -0.2) is 21.7 Å². The summed E-state index contributed by atoms with van der Waals surface area (Å²) in [5.41, 5.74) is 2.30. The van der Waals surface area contributed by atoms with Crippen LogP contribution in [0.15, 0.2) is 48.5 Å². The first kappa shape index (κ1) is 19.4. The van der Waals surface area contributed by atoms with Crippen molar-refractivity contribution < 1.29 is 14.0 Å². The van der Waals surface area contributed by atoms with E-state index in [0.29, 0.717) is 22.6 Å². The van der Waals surface area contributed by atoms with Crippen LogP contribution in [0.1, 0.15) is 33.5 Å². The Hall–Kier alpha value is -3.32. The Balaban J connectivity index is 1.78. The third-order valence-electron chi connectivity index (χ3n) is 3.81. The van der Waals surface area contributed by atoms with Crippen LogP contribution in [0.25, 0.3) is 0 Å². The molecule has 1 aromatic heterocycles. The minimum Gasteiger partial charge on any atom is -0.324 e. The zero-order chi connectivity index (χ0) is 20.3. The molecule has 2 N–H and O–H groups in total. The number of amides is 1. The molecule has 1 heterocycles.